The van der Waals surface area contributed by atoms with Gasteiger partial charge in [0.15, 0.2) is 0 Å². The Hall–Kier alpha value is -2.62. The van der Waals surface area contributed by atoms with Gasteiger partial charge in [0, 0.05) is 13.1 Å². The standard InChI is InChI=1S/C25H34N2O2/c1-6-12-26-25(29)23(7-2)27(17-22-11-9-8-10-20(22)5)24(28)16-21-14-18(3)13-19(4)15-21/h8-11,13-15,23H,6-7,12,16-17H2,1-5H3,(H,26,29)/t23-/m1/s1. The molecule has 2 amide bonds. The van der Waals surface area contributed by atoms with Crippen LogP contribution in [0.2, 0.25) is 0 Å². The lowest BCUT2D eigenvalue weighted by atomic mass is 10.0. The number of rotatable bonds is 9. The normalized spacial score (nSPS) is 11.8. The Balaban J connectivity index is 2.32. The Labute approximate surface area is 175 Å². The zero-order valence-corrected chi connectivity index (χ0v) is 18.4. The summed E-state index contributed by atoms with van der Waals surface area (Å²) >= 11 is 0. The fourth-order valence-electron chi connectivity index (χ4n) is 3.70. The molecular weight excluding hydrogens is 360 g/mol. The molecular formula is C25H34N2O2. The van der Waals surface area contributed by atoms with Crippen LogP contribution in [0.15, 0.2) is 42.5 Å². The number of carbonyl (C=O) groups excluding carboxylic acids is 2. The van der Waals surface area contributed by atoms with Crippen molar-refractivity contribution in [2.75, 3.05) is 6.54 Å². The lowest BCUT2D eigenvalue weighted by Crippen LogP contribution is -2.49. The van der Waals surface area contributed by atoms with Crippen molar-refractivity contribution in [3.63, 3.8) is 0 Å². The number of nitrogens with zero attached hydrogens (tertiary/aromatic N) is 1. The average molecular weight is 395 g/mol. The Kier molecular flexibility index (Phi) is 8.44. The summed E-state index contributed by atoms with van der Waals surface area (Å²) in [5, 5.41) is 2.97. The molecule has 156 valence electrons. The molecule has 4 nitrogen and oxygen atoms in total. The summed E-state index contributed by atoms with van der Waals surface area (Å²) in [5.41, 5.74) is 5.48. The van der Waals surface area contributed by atoms with Gasteiger partial charge in [-0.05, 0) is 50.3 Å². The first-order valence-electron chi connectivity index (χ1n) is 10.5. The van der Waals surface area contributed by atoms with Crippen LogP contribution in [0.5, 0.6) is 0 Å². The number of hydrogen-bond acceptors (Lipinski definition) is 2. The molecule has 0 aliphatic heterocycles. The summed E-state index contributed by atoms with van der Waals surface area (Å²) in [5.74, 6) is -0.0894. The Bertz CT molecular complexity index is 824. The van der Waals surface area contributed by atoms with Crippen LogP contribution < -0.4 is 5.32 Å². The first-order valence-corrected chi connectivity index (χ1v) is 10.5. The first-order chi connectivity index (χ1) is 13.8. The minimum atomic E-state index is -0.473. The highest BCUT2D eigenvalue weighted by Gasteiger charge is 2.28. The maximum absolute atomic E-state index is 13.4. The van der Waals surface area contributed by atoms with Crippen LogP contribution in [-0.4, -0.2) is 29.3 Å². The van der Waals surface area contributed by atoms with E-state index in [1.807, 2.05) is 58.9 Å². The number of carbonyl (C=O) groups is 2. The predicted octanol–water partition coefficient (Wildman–Crippen LogP) is 4.49. The Morgan fingerprint density at radius 2 is 1.66 bits per heavy atom. The molecule has 0 radical (unpaired) electrons. The molecule has 0 spiro atoms. The second-order valence-electron chi connectivity index (χ2n) is 7.84. The molecule has 0 aliphatic rings. The van der Waals surface area contributed by atoms with Gasteiger partial charge in [0.1, 0.15) is 6.04 Å². The van der Waals surface area contributed by atoms with E-state index in [0.717, 1.165) is 34.2 Å². The molecule has 4 heteroatoms. The van der Waals surface area contributed by atoms with Crippen molar-refractivity contribution in [3.8, 4) is 0 Å². The third-order valence-corrected chi connectivity index (χ3v) is 5.17. The van der Waals surface area contributed by atoms with Crippen molar-refractivity contribution in [3.05, 3.63) is 70.3 Å². The van der Waals surface area contributed by atoms with E-state index in [-0.39, 0.29) is 11.8 Å². The second-order valence-corrected chi connectivity index (χ2v) is 7.84. The van der Waals surface area contributed by atoms with E-state index in [4.69, 9.17) is 0 Å². The van der Waals surface area contributed by atoms with Gasteiger partial charge < -0.3 is 10.2 Å². The van der Waals surface area contributed by atoms with Crippen LogP contribution in [0.25, 0.3) is 0 Å². The van der Waals surface area contributed by atoms with Crippen LogP contribution in [0.1, 0.15) is 54.5 Å². The second kappa shape index (κ2) is 10.8. The largest absolute Gasteiger partial charge is 0.354 e. The molecule has 2 aromatic rings. The van der Waals surface area contributed by atoms with E-state index in [1.165, 1.54) is 0 Å². The summed E-state index contributed by atoms with van der Waals surface area (Å²) in [6.45, 7) is 11.2. The van der Waals surface area contributed by atoms with Crippen molar-refractivity contribution >= 4 is 11.8 Å². The van der Waals surface area contributed by atoms with Crippen LogP contribution in [0, 0.1) is 20.8 Å². The quantitative estimate of drug-likeness (QED) is 0.681. The van der Waals surface area contributed by atoms with Crippen LogP contribution in [-0.2, 0) is 22.6 Å². The van der Waals surface area contributed by atoms with Gasteiger partial charge in [0.05, 0.1) is 6.42 Å². The molecule has 0 saturated heterocycles. The lowest BCUT2D eigenvalue weighted by molar-refractivity contribution is -0.140. The van der Waals surface area contributed by atoms with Gasteiger partial charge in [-0.25, -0.2) is 0 Å². The monoisotopic (exact) mass is 394 g/mol. The van der Waals surface area contributed by atoms with Crippen molar-refractivity contribution in [1.82, 2.24) is 10.2 Å². The molecule has 0 heterocycles. The predicted molar refractivity (Wildman–Crippen MR) is 119 cm³/mol. The van der Waals surface area contributed by atoms with E-state index in [9.17, 15) is 9.59 Å². The van der Waals surface area contributed by atoms with Crippen LogP contribution in [0.3, 0.4) is 0 Å². The number of hydrogen-bond donors (Lipinski definition) is 1. The van der Waals surface area contributed by atoms with Crippen molar-refractivity contribution < 1.29 is 9.59 Å². The topological polar surface area (TPSA) is 49.4 Å². The summed E-state index contributed by atoms with van der Waals surface area (Å²) in [6.07, 6.45) is 1.75. The van der Waals surface area contributed by atoms with Gasteiger partial charge >= 0.3 is 0 Å². The summed E-state index contributed by atoms with van der Waals surface area (Å²) in [6, 6.07) is 13.8. The SMILES string of the molecule is CCCNC(=O)[C@@H](CC)N(Cc1ccccc1C)C(=O)Cc1cc(C)cc(C)c1. The first kappa shape index (κ1) is 22.7. The minimum Gasteiger partial charge on any atom is -0.354 e. The Morgan fingerprint density at radius 3 is 2.24 bits per heavy atom. The molecule has 0 saturated carbocycles. The molecule has 0 unspecified atom stereocenters. The zero-order chi connectivity index (χ0) is 21.4. The number of benzene rings is 2. The van der Waals surface area contributed by atoms with E-state index in [0.29, 0.717) is 25.9 Å². The maximum Gasteiger partial charge on any atom is 0.242 e. The van der Waals surface area contributed by atoms with Gasteiger partial charge in [-0.2, -0.15) is 0 Å². The van der Waals surface area contributed by atoms with Gasteiger partial charge in [-0.15, -0.1) is 0 Å². The number of aryl methyl sites for hydroxylation is 3. The van der Waals surface area contributed by atoms with Gasteiger partial charge in [-0.1, -0.05) is 67.4 Å². The third kappa shape index (κ3) is 6.45. The molecule has 0 bridgehead atoms. The van der Waals surface area contributed by atoms with Crippen molar-refractivity contribution in [2.24, 2.45) is 0 Å². The average Bonchev–Trinajstić information content (AvgIpc) is 2.66. The third-order valence-electron chi connectivity index (χ3n) is 5.17. The van der Waals surface area contributed by atoms with Crippen LogP contribution >= 0.6 is 0 Å². The fraction of sp³-hybridized carbons (Fsp3) is 0.440. The number of amides is 2. The molecule has 0 aromatic heterocycles. The van der Waals surface area contributed by atoms with E-state index in [1.54, 1.807) is 4.90 Å². The lowest BCUT2D eigenvalue weighted by Gasteiger charge is -2.31. The van der Waals surface area contributed by atoms with E-state index in [2.05, 4.69) is 23.5 Å². The smallest absolute Gasteiger partial charge is 0.242 e. The van der Waals surface area contributed by atoms with Gasteiger partial charge in [0.25, 0.3) is 0 Å². The van der Waals surface area contributed by atoms with E-state index < -0.39 is 6.04 Å². The Morgan fingerprint density at radius 1 is 1.00 bits per heavy atom. The van der Waals surface area contributed by atoms with Gasteiger partial charge in [0.2, 0.25) is 11.8 Å². The highest BCUT2D eigenvalue weighted by Crippen LogP contribution is 2.18. The minimum absolute atomic E-state index is 0.0169. The van der Waals surface area contributed by atoms with Crippen LogP contribution in [0.4, 0.5) is 0 Å². The highest BCUT2D eigenvalue weighted by molar-refractivity contribution is 5.88. The summed E-state index contributed by atoms with van der Waals surface area (Å²) in [4.78, 5) is 27.9. The molecule has 0 aliphatic carbocycles. The zero-order valence-electron chi connectivity index (χ0n) is 18.4. The molecule has 2 aromatic carbocycles. The fourth-order valence-corrected chi connectivity index (χ4v) is 3.70. The highest BCUT2D eigenvalue weighted by atomic mass is 16.2. The summed E-state index contributed by atoms with van der Waals surface area (Å²) in [7, 11) is 0. The molecule has 1 N–H and O–H groups in total. The van der Waals surface area contributed by atoms with Crippen molar-refractivity contribution in [1.29, 1.82) is 0 Å². The van der Waals surface area contributed by atoms with Gasteiger partial charge in [-0.3, -0.25) is 9.59 Å². The number of nitrogens with one attached hydrogen (secondary N) is 1. The molecule has 1 atom stereocenters. The van der Waals surface area contributed by atoms with Crippen molar-refractivity contribution in [2.45, 2.75) is 66.5 Å². The molecule has 0 fully saturated rings. The molecule has 2 rings (SSSR count). The summed E-state index contributed by atoms with van der Waals surface area (Å²) < 4.78 is 0. The molecule has 29 heavy (non-hydrogen) atoms. The maximum atomic E-state index is 13.4. The van der Waals surface area contributed by atoms with E-state index >= 15 is 0 Å².